The molecule has 6 rings (SSSR count). The maximum atomic E-state index is 13.0. The number of ether oxygens (including phenoxy) is 1. The lowest BCUT2D eigenvalue weighted by atomic mass is 9.87. The number of H-pyrrole nitrogens is 1. The summed E-state index contributed by atoms with van der Waals surface area (Å²) in [4.78, 5) is 43.3. The molecule has 0 bridgehead atoms. The van der Waals surface area contributed by atoms with Crippen molar-refractivity contribution < 1.29 is 29.6 Å². The van der Waals surface area contributed by atoms with E-state index in [0.29, 0.717) is 47.6 Å². The molecule has 1 heterocycles. The largest absolute Gasteiger partial charge is 0.506 e. The second-order valence-corrected chi connectivity index (χ2v) is 15.3. The molecule has 0 unspecified atom stereocenters. The summed E-state index contributed by atoms with van der Waals surface area (Å²) in [7, 11) is 1.80. The Bertz CT molecular complexity index is 1970. The normalized spacial score (nSPS) is 19.8. The number of pyridine rings is 1. The molecule has 0 saturated heterocycles. The number of nitrogens with two attached hydrogens (primary N) is 1. The number of benzene rings is 3. The number of aliphatic hydroxyl groups is 1. The van der Waals surface area contributed by atoms with Gasteiger partial charge < -0.3 is 41.0 Å². The molecule has 0 spiro atoms. The number of anilines is 1. The topological polar surface area (TPSA) is 181 Å². The van der Waals surface area contributed by atoms with Gasteiger partial charge in [-0.1, -0.05) is 48.5 Å². The Morgan fingerprint density at radius 1 is 0.947 bits per heavy atom. The third kappa shape index (κ3) is 11.9. The number of rotatable bonds is 15. The minimum atomic E-state index is -0.956. The van der Waals surface area contributed by atoms with Crippen molar-refractivity contribution >= 4 is 53.4 Å². The highest BCUT2D eigenvalue weighted by Crippen LogP contribution is 2.37. The summed E-state index contributed by atoms with van der Waals surface area (Å²) >= 11 is 0. The van der Waals surface area contributed by atoms with Crippen LogP contribution in [0.4, 0.5) is 10.5 Å². The Morgan fingerprint density at radius 3 is 2.37 bits per heavy atom. The van der Waals surface area contributed by atoms with Crippen LogP contribution in [0, 0.1) is 5.92 Å². The summed E-state index contributed by atoms with van der Waals surface area (Å²) in [6, 6.07) is 22.1. The number of amides is 2. The van der Waals surface area contributed by atoms with Gasteiger partial charge in [-0.25, -0.2) is 4.79 Å². The van der Waals surface area contributed by atoms with Crippen molar-refractivity contribution in [2.24, 2.45) is 11.7 Å². The molecule has 0 aliphatic heterocycles. The lowest BCUT2D eigenvalue weighted by molar-refractivity contribution is -0.137. The van der Waals surface area contributed by atoms with E-state index in [0.717, 1.165) is 81.0 Å². The number of carbonyl (C=O) groups excluding carboxylic acids is 1. The van der Waals surface area contributed by atoms with E-state index in [1.807, 2.05) is 42.5 Å². The predicted molar refractivity (Wildman–Crippen MR) is 229 cm³/mol. The molecule has 14 heteroatoms. The van der Waals surface area contributed by atoms with E-state index in [4.69, 9.17) is 10.5 Å². The van der Waals surface area contributed by atoms with Gasteiger partial charge in [-0.3, -0.25) is 14.5 Å². The van der Waals surface area contributed by atoms with E-state index in [-0.39, 0.29) is 66.8 Å². The van der Waals surface area contributed by atoms with Crippen LogP contribution in [0.25, 0.3) is 22.0 Å². The Balaban J connectivity index is 0.00000360. The molecule has 2 fully saturated rings. The number of aryl methyl sites for hydroxylation is 1. The second kappa shape index (κ2) is 21.5. The Morgan fingerprint density at radius 2 is 1.67 bits per heavy atom. The summed E-state index contributed by atoms with van der Waals surface area (Å²) in [5.74, 6) is 0.341. The van der Waals surface area contributed by atoms with Crippen LogP contribution in [-0.2, 0) is 16.0 Å². The van der Waals surface area contributed by atoms with Crippen molar-refractivity contribution in [2.45, 2.75) is 88.5 Å². The molecule has 57 heavy (non-hydrogen) atoms. The van der Waals surface area contributed by atoms with Crippen LogP contribution in [-0.4, -0.2) is 88.7 Å². The number of nitrogens with one attached hydrogen (secondary N) is 2. The molecule has 2 amide bonds. The zero-order valence-corrected chi connectivity index (χ0v) is 34.1. The number of fused-ring (bicyclic) bond motifs is 1. The molecule has 2 aliphatic carbocycles. The van der Waals surface area contributed by atoms with Gasteiger partial charge in [0.1, 0.15) is 12.4 Å². The van der Waals surface area contributed by atoms with Crippen LogP contribution in [0.2, 0.25) is 0 Å². The Hall–Kier alpha value is -4.17. The molecule has 1 aromatic heterocycles. The monoisotopic (exact) mass is 825 g/mol. The fourth-order valence-electron chi connectivity index (χ4n) is 8.14. The van der Waals surface area contributed by atoms with Crippen molar-refractivity contribution in [2.75, 3.05) is 38.2 Å². The van der Waals surface area contributed by atoms with Crippen molar-refractivity contribution in [3.05, 3.63) is 94.3 Å². The van der Waals surface area contributed by atoms with Crippen LogP contribution in [0.5, 0.6) is 5.75 Å². The molecular formula is C43H57Cl2N5O7. The van der Waals surface area contributed by atoms with Crippen LogP contribution in [0.3, 0.4) is 0 Å². The average molecular weight is 827 g/mol. The maximum absolute atomic E-state index is 13.0. The van der Waals surface area contributed by atoms with Gasteiger partial charge in [-0.15, -0.1) is 24.8 Å². The molecule has 2 saturated carbocycles. The number of aromatic nitrogens is 1. The lowest BCUT2D eigenvalue weighted by Gasteiger charge is -2.35. The number of hydrogen-bond donors (Lipinski definition) is 6. The minimum Gasteiger partial charge on any atom is -0.506 e. The number of aromatic hydroxyl groups is 1. The van der Waals surface area contributed by atoms with Crippen LogP contribution in [0.15, 0.2) is 77.6 Å². The lowest BCUT2D eigenvalue weighted by Crippen LogP contribution is -2.44. The number of hydrogen-bond acceptors (Lipinski definition) is 8. The molecule has 0 radical (unpaired) electrons. The summed E-state index contributed by atoms with van der Waals surface area (Å²) in [6.07, 6.45) is 6.42. The van der Waals surface area contributed by atoms with Gasteiger partial charge in [-0.2, -0.15) is 0 Å². The zero-order valence-electron chi connectivity index (χ0n) is 32.5. The van der Waals surface area contributed by atoms with E-state index in [1.54, 1.807) is 29.0 Å². The summed E-state index contributed by atoms with van der Waals surface area (Å²) < 4.78 is 6.06. The Labute approximate surface area is 346 Å². The first-order valence-corrected chi connectivity index (χ1v) is 19.6. The third-order valence-corrected chi connectivity index (χ3v) is 11.4. The zero-order chi connectivity index (χ0) is 38.9. The molecule has 12 nitrogen and oxygen atoms in total. The van der Waals surface area contributed by atoms with E-state index in [9.17, 15) is 29.7 Å². The standard InChI is InChI=1S/C43H55N5O7.2ClH/c1-47(23-5-6-28-11-18-34(30-7-3-2-4-8-30)37(24-28)48(43(53)54)32-14-12-31(44)13-15-32)41(52)27-55-33-16-9-29(10-17-33)25-45-26-39(50)35-19-21-38(49)42-36(35)20-22-40(51)46-42;;/h2-4,7-8,11,18-22,24,29,31-33,39,45,49-50H,5-6,9-10,12-17,23,25-27,44H2,1H3,(H,46,51)(H,53,54);2*1H/t29-,31-,32-,33-,39-;;/m0../s1. The number of aromatic amines is 1. The maximum Gasteiger partial charge on any atom is 0.412 e. The summed E-state index contributed by atoms with van der Waals surface area (Å²) in [6.45, 7) is 1.69. The molecule has 7 N–H and O–H groups in total. The number of phenolic OH excluding ortho intramolecular Hbond substituents is 1. The van der Waals surface area contributed by atoms with Crippen LogP contribution >= 0.6 is 24.8 Å². The van der Waals surface area contributed by atoms with Gasteiger partial charge in [0, 0.05) is 49.2 Å². The van der Waals surface area contributed by atoms with Crippen molar-refractivity contribution in [3.8, 4) is 16.9 Å². The number of halogens is 2. The molecule has 4 aromatic rings. The molecule has 310 valence electrons. The van der Waals surface area contributed by atoms with Crippen molar-refractivity contribution in [3.63, 3.8) is 0 Å². The third-order valence-electron chi connectivity index (χ3n) is 11.4. The molecule has 2 aliphatic rings. The predicted octanol–water partition coefficient (Wildman–Crippen LogP) is 6.79. The fourth-order valence-corrected chi connectivity index (χ4v) is 8.14. The van der Waals surface area contributed by atoms with Gasteiger partial charge >= 0.3 is 6.09 Å². The first kappa shape index (κ1) is 45.5. The van der Waals surface area contributed by atoms with Gasteiger partial charge in [0.15, 0.2) is 0 Å². The Kier molecular flexibility index (Phi) is 17.2. The smallest absolute Gasteiger partial charge is 0.412 e. The average Bonchev–Trinajstić information content (AvgIpc) is 3.19. The van der Waals surface area contributed by atoms with Gasteiger partial charge in [-0.05, 0) is 112 Å². The molecule has 1 atom stereocenters. The molecular weight excluding hydrogens is 769 g/mol. The summed E-state index contributed by atoms with van der Waals surface area (Å²) in [5.41, 5.74) is 10.4. The number of aliphatic hydroxyl groups excluding tert-OH is 1. The number of carboxylic acid groups (broad SMARTS) is 1. The van der Waals surface area contributed by atoms with Crippen molar-refractivity contribution in [1.29, 1.82) is 0 Å². The highest BCUT2D eigenvalue weighted by Gasteiger charge is 2.31. The van der Waals surface area contributed by atoms with Crippen LogP contribution < -0.4 is 21.5 Å². The highest BCUT2D eigenvalue weighted by molar-refractivity contribution is 5.94. The quantitative estimate of drug-likeness (QED) is 0.0753. The van der Waals surface area contributed by atoms with Crippen LogP contribution in [0.1, 0.15) is 75.0 Å². The first-order valence-electron chi connectivity index (χ1n) is 19.6. The second-order valence-electron chi connectivity index (χ2n) is 15.3. The SMILES string of the molecule is CN(CCCc1ccc(-c2ccccc2)c(N(C(=O)O)[C@H]2CC[C@H](N)CC2)c1)C(=O)CO[C@H]1CC[C@H](CNC[C@H](O)c2ccc(O)c3[nH]c(=O)ccc23)CC1.Cl.Cl. The van der Waals surface area contributed by atoms with E-state index < -0.39 is 12.2 Å². The highest BCUT2D eigenvalue weighted by atomic mass is 35.5. The van der Waals surface area contributed by atoms with Gasteiger partial charge in [0.25, 0.3) is 0 Å². The fraction of sp³-hybridized carbons (Fsp3) is 0.465. The van der Waals surface area contributed by atoms with E-state index >= 15 is 0 Å². The molecule has 3 aromatic carbocycles. The van der Waals surface area contributed by atoms with E-state index in [2.05, 4.69) is 16.4 Å². The number of nitrogens with zero attached hydrogens (tertiary/aromatic N) is 2. The number of likely N-dealkylation sites (N-methyl/N-ethyl adjacent to an activating group) is 1. The minimum absolute atomic E-state index is 0. The number of carbonyl (C=O) groups is 2. The first-order chi connectivity index (χ1) is 26.6. The van der Waals surface area contributed by atoms with Gasteiger partial charge in [0.2, 0.25) is 11.5 Å². The number of phenols is 1. The summed E-state index contributed by atoms with van der Waals surface area (Å²) in [5, 5.41) is 35.4. The van der Waals surface area contributed by atoms with Crippen molar-refractivity contribution in [1.82, 2.24) is 15.2 Å². The van der Waals surface area contributed by atoms with Gasteiger partial charge in [0.05, 0.1) is 23.4 Å². The van der Waals surface area contributed by atoms with E-state index in [1.165, 1.54) is 12.1 Å².